The lowest BCUT2D eigenvalue weighted by atomic mass is 9.73. The zero-order chi connectivity index (χ0) is 20.7. The fourth-order valence-electron chi connectivity index (χ4n) is 4.08. The lowest BCUT2D eigenvalue weighted by Gasteiger charge is -2.39. The SMILES string of the molecule is COC(=O)C(C)N1C(=O)C2(CCN(C(=O)OC(C)(C)C)CC2)c2ccccc21. The van der Waals surface area contributed by atoms with E-state index in [1.165, 1.54) is 7.11 Å². The molecule has 0 N–H and O–H groups in total. The predicted molar refractivity (Wildman–Crippen MR) is 104 cm³/mol. The van der Waals surface area contributed by atoms with Crippen LogP contribution in [-0.4, -0.2) is 54.7 Å². The summed E-state index contributed by atoms with van der Waals surface area (Å²) < 4.78 is 10.3. The highest BCUT2D eigenvalue weighted by atomic mass is 16.6. The second-order valence-corrected chi connectivity index (χ2v) is 8.44. The maximum Gasteiger partial charge on any atom is 0.410 e. The molecule has 152 valence electrons. The molecule has 28 heavy (non-hydrogen) atoms. The molecule has 0 aromatic heterocycles. The van der Waals surface area contributed by atoms with Crippen molar-refractivity contribution in [3.63, 3.8) is 0 Å². The first kappa shape index (κ1) is 20.2. The van der Waals surface area contributed by atoms with Crippen LogP contribution in [0.15, 0.2) is 24.3 Å². The molecule has 2 aliphatic rings. The first-order chi connectivity index (χ1) is 13.1. The molecule has 1 atom stereocenters. The topological polar surface area (TPSA) is 76.2 Å². The lowest BCUT2D eigenvalue weighted by Crippen LogP contribution is -2.53. The van der Waals surface area contributed by atoms with E-state index in [0.29, 0.717) is 25.9 Å². The van der Waals surface area contributed by atoms with E-state index in [1.54, 1.807) is 16.7 Å². The van der Waals surface area contributed by atoms with E-state index >= 15 is 0 Å². The van der Waals surface area contributed by atoms with Crippen LogP contribution in [0.25, 0.3) is 0 Å². The van der Waals surface area contributed by atoms with Crippen molar-refractivity contribution in [2.24, 2.45) is 0 Å². The molecule has 0 radical (unpaired) electrons. The predicted octanol–water partition coefficient (Wildman–Crippen LogP) is 2.86. The first-order valence-electron chi connectivity index (χ1n) is 9.59. The maximum absolute atomic E-state index is 13.5. The Bertz CT molecular complexity index is 790. The molecule has 0 aliphatic carbocycles. The van der Waals surface area contributed by atoms with Crippen LogP contribution in [0.4, 0.5) is 10.5 Å². The van der Waals surface area contributed by atoms with Crippen molar-refractivity contribution in [1.82, 2.24) is 4.90 Å². The van der Waals surface area contributed by atoms with Gasteiger partial charge in [0.25, 0.3) is 0 Å². The summed E-state index contributed by atoms with van der Waals surface area (Å²) in [5.74, 6) is -0.554. The highest BCUT2D eigenvalue weighted by Gasteiger charge is 2.54. The van der Waals surface area contributed by atoms with Gasteiger partial charge in [-0.05, 0) is 52.2 Å². The van der Waals surface area contributed by atoms with E-state index in [-0.39, 0.29) is 12.0 Å². The molecular formula is C21H28N2O5. The van der Waals surface area contributed by atoms with Crippen molar-refractivity contribution in [1.29, 1.82) is 0 Å². The Kier molecular flexibility index (Phi) is 5.12. The van der Waals surface area contributed by atoms with Gasteiger partial charge in [0.2, 0.25) is 5.91 Å². The number of hydrogen-bond acceptors (Lipinski definition) is 5. The summed E-state index contributed by atoms with van der Waals surface area (Å²) in [6.45, 7) is 8.03. The van der Waals surface area contributed by atoms with Gasteiger partial charge in [-0.25, -0.2) is 9.59 Å². The minimum Gasteiger partial charge on any atom is -0.467 e. The lowest BCUT2D eigenvalue weighted by molar-refractivity contribution is -0.143. The van der Waals surface area contributed by atoms with E-state index in [9.17, 15) is 14.4 Å². The van der Waals surface area contributed by atoms with Gasteiger partial charge in [0.05, 0.1) is 12.5 Å². The van der Waals surface area contributed by atoms with Gasteiger partial charge >= 0.3 is 12.1 Å². The summed E-state index contributed by atoms with van der Waals surface area (Å²) in [6, 6.07) is 6.86. The van der Waals surface area contributed by atoms with Gasteiger partial charge in [0.1, 0.15) is 11.6 Å². The molecule has 7 heteroatoms. The summed E-state index contributed by atoms with van der Waals surface area (Å²) >= 11 is 0. The molecular weight excluding hydrogens is 360 g/mol. The minimum atomic E-state index is -0.725. The number of carbonyl (C=O) groups is 3. The number of anilines is 1. The van der Waals surface area contributed by atoms with Gasteiger partial charge < -0.3 is 14.4 Å². The molecule has 1 spiro atoms. The molecule has 7 nitrogen and oxygen atoms in total. The second-order valence-electron chi connectivity index (χ2n) is 8.44. The minimum absolute atomic E-state index is 0.101. The van der Waals surface area contributed by atoms with Gasteiger partial charge in [-0.2, -0.15) is 0 Å². The number of methoxy groups -OCH3 is 1. The molecule has 3 rings (SSSR count). The van der Waals surface area contributed by atoms with E-state index in [4.69, 9.17) is 9.47 Å². The van der Waals surface area contributed by atoms with Crippen LogP contribution in [0, 0.1) is 0 Å². The molecule has 0 bridgehead atoms. The summed E-state index contributed by atoms with van der Waals surface area (Å²) in [5, 5.41) is 0. The van der Waals surface area contributed by atoms with E-state index in [2.05, 4.69) is 0 Å². The van der Waals surface area contributed by atoms with Gasteiger partial charge in [0.15, 0.2) is 0 Å². The monoisotopic (exact) mass is 388 g/mol. The number of ether oxygens (including phenoxy) is 2. The number of carbonyl (C=O) groups excluding carboxylic acids is 3. The number of fused-ring (bicyclic) bond motifs is 2. The average molecular weight is 388 g/mol. The largest absolute Gasteiger partial charge is 0.467 e. The number of likely N-dealkylation sites (tertiary alicyclic amines) is 1. The number of piperidine rings is 1. The Morgan fingerprint density at radius 3 is 2.32 bits per heavy atom. The summed E-state index contributed by atoms with van der Waals surface area (Å²) in [5.41, 5.74) is 0.377. The zero-order valence-corrected chi connectivity index (χ0v) is 17.2. The number of rotatable bonds is 2. The van der Waals surface area contributed by atoms with Crippen LogP contribution in [0.5, 0.6) is 0 Å². The fraction of sp³-hybridized carbons (Fsp3) is 0.571. The van der Waals surface area contributed by atoms with E-state index in [0.717, 1.165) is 11.3 Å². The molecule has 1 unspecified atom stereocenters. The van der Waals surface area contributed by atoms with Crippen LogP contribution < -0.4 is 4.90 Å². The van der Waals surface area contributed by atoms with Crippen molar-refractivity contribution in [3.8, 4) is 0 Å². The van der Waals surface area contributed by atoms with E-state index < -0.39 is 23.0 Å². The van der Waals surface area contributed by atoms with Gasteiger partial charge in [-0.15, -0.1) is 0 Å². The van der Waals surface area contributed by atoms with Crippen molar-refractivity contribution in [2.45, 2.75) is 57.6 Å². The Labute approximate surface area is 165 Å². The van der Waals surface area contributed by atoms with Gasteiger partial charge in [-0.3, -0.25) is 9.69 Å². The smallest absolute Gasteiger partial charge is 0.410 e. The molecule has 2 aliphatic heterocycles. The van der Waals surface area contributed by atoms with Crippen molar-refractivity contribution in [3.05, 3.63) is 29.8 Å². The van der Waals surface area contributed by atoms with Crippen LogP contribution in [0.2, 0.25) is 0 Å². The summed E-state index contributed by atoms with van der Waals surface area (Å²) in [4.78, 5) is 41.2. The highest BCUT2D eigenvalue weighted by Crippen LogP contribution is 2.48. The number of esters is 1. The molecule has 1 aromatic rings. The van der Waals surface area contributed by atoms with E-state index in [1.807, 2.05) is 45.0 Å². The fourth-order valence-corrected chi connectivity index (χ4v) is 4.08. The van der Waals surface area contributed by atoms with Crippen LogP contribution in [-0.2, 0) is 24.5 Å². The molecule has 1 fully saturated rings. The Morgan fingerprint density at radius 2 is 1.75 bits per heavy atom. The number of hydrogen-bond donors (Lipinski definition) is 0. The normalized spacial score (nSPS) is 19.4. The highest BCUT2D eigenvalue weighted by molar-refractivity contribution is 6.11. The second kappa shape index (κ2) is 7.11. The van der Waals surface area contributed by atoms with Gasteiger partial charge in [-0.1, -0.05) is 18.2 Å². The van der Waals surface area contributed by atoms with Gasteiger partial charge in [0, 0.05) is 18.8 Å². The number of para-hydroxylation sites is 1. The first-order valence-corrected chi connectivity index (χ1v) is 9.59. The zero-order valence-electron chi connectivity index (χ0n) is 17.2. The molecule has 2 amide bonds. The van der Waals surface area contributed by atoms with Crippen LogP contribution in [0.1, 0.15) is 46.1 Å². The molecule has 1 saturated heterocycles. The Hall–Kier alpha value is -2.57. The third kappa shape index (κ3) is 3.34. The quantitative estimate of drug-likeness (QED) is 0.728. The third-order valence-electron chi connectivity index (χ3n) is 5.51. The molecule has 2 heterocycles. The Balaban J connectivity index is 1.86. The summed E-state index contributed by atoms with van der Waals surface area (Å²) in [7, 11) is 1.32. The number of amides is 2. The summed E-state index contributed by atoms with van der Waals surface area (Å²) in [6.07, 6.45) is 0.625. The standard InChI is InChI=1S/C21H28N2O5/c1-14(17(24)27-5)23-16-9-7-6-8-15(16)21(18(23)25)10-12-22(13-11-21)19(26)28-20(2,3)4/h6-9,14H,10-13H2,1-5H3. The maximum atomic E-state index is 13.5. The van der Waals surface area contributed by atoms with Crippen molar-refractivity contribution < 1.29 is 23.9 Å². The Morgan fingerprint density at radius 1 is 1.14 bits per heavy atom. The van der Waals surface area contributed by atoms with Crippen molar-refractivity contribution >= 4 is 23.7 Å². The molecule has 1 aromatic carbocycles. The third-order valence-corrected chi connectivity index (χ3v) is 5.51. The van der Waals surface area contributed by atoms with Crippen molar-refractivity contribution in [2.75, 3.05) is 25.1 Å². The number of benzene rings is 1. The molecule has 0 saturated carbocycles. The number of nitrogens with zero attached hydrogens (tertiary/aromatic N) is 2. The van der Waals surface area contributed by atoms with Crippen LogP contribution >= 0.6 is 0 Å². The average Bonchev–Trinajstić information content (AvgIpc) is 2.88. The van der Waals surface area contributed by atoms with Crippen LogP contribution in [0.3, 0.4) is 0 Å².